The molecule has 25 heavy (non-hydrogen) atoms. The lowest BCUT2D eigenvalue weighted by Gasteiger charge is -2.39. The summed E-state index contributed by atoms with van der Waals surface area (Å²) in [5.74, 6) is 0.730. The van der Waals surface area contributed by atoms with Gasteiger partial charge in [0, 0.05) is 23.5 Å². The van der Waals surface area contributed by atoms with E-state index in [0.29, 0.717) is 16.9 Å². The number of hydrogen-bond donors (Lipinski definition) is 1. The Labute approximate surface area is 146 Å². The molecule has 1 aliphatic heterocycles. The Morgan fingerprint density at radius 1 is 1.20 bits per heavy atom. The quantitative estimate of drug-likeness (QED) is 0.702. The lowest BCUT2D eigenvalue weighted by Crippen LogP contribution is -2.35. The second kappa shape index (κ2) is 4.71. The van der Waals surface area contributed by atoms with Crippen LogP contribution in [0.3, 0.4) is 0 Å². The fraction of sp³-hybridized carbons (Fsp3) is 0.500. The van der Waals surface area contributed by atoms with Crippen molar-refractivity contribution in [3.63, 3.8) is 0 Å². The van der Waals surface area contributed by atoms with Crippen molar-refractivity contribution < 1.29 is 4.39 Å². The molecule has 1 N–H and O–H groups in total. The van der Waals surface area contributed by atoms with Crippen LogP contribution in [0, 0.1) is 16.6 Å². The van der Waals surface area contributed by atoms with Gasteiger partial charge in [0.25, 0.3) is 0 Å². The number of anilines is 1. The molecule has 2 aromatic heterocycles. The van der Waals surface area contributed by atoms with E-state index in [1.54, 1.807) is 18.5 Å². The average Bonchev–Trinajstić information content (AvgIpc) is 3.00. The van der Waals surface area contributed by atoms with Crippen LogP contribution in [-0.2, 0) is 0 Å². The van der Waals surface area contributed by atoms with E-state index in [4.69, 9.17) is 0 Å². The minimum absolute atomic E-state index is 0.236. The zero-order valence-corrected chi connectivity index (χ0v) is 14.9. The maximum absolute atomic E-state index is 13.7. The van der Waals surface area contributed by atoms with E-state index >= 15 is 0 Å². The van der Waals surface area contributed by atoms with Crippen LogP contribution in [0.4, 0.5) is 10.2 Å². The van der Waals surface area contributed by atoms with E-state index in [1.165, 1.54) is 25.3 Å². The van der Waals surface area contributed by atoms with Gasteiger partial charge < -0.3 is 9.88 Å². The van der Waals surface area contributed by atoms with Crippen LogP contribution in [0.2, 0.25) is 0 Å². The normalized spacial score (nSPS) is 28.2. The van der Waals surface area contributed by atoms with Crippen molar-refractivity contribution in [2.45, 2.75) is 46.1 Å². The lowest BCUT2D eigenvalue weighted by molar-refractivity contribution is 0.136. The van der Waals surface area contributed by atoms with Crippen LogP contribution in [-0.4, -0.2) is 27.5 Å². The van der Waals surface area contributed by atoms with Gasteiger partial charge in [0.05, 0.1) is 0 Å². The standard InChI is InChI=1S/C20H23FN4/c1-19(2)7-13-8-20(3,9-19)10-25(13)18-17-16(22-11-23-18)14-6-12(21)4-5-15(14)24-17/h4-6,11,13,24H,7-10H2,1-3H3/t13-,20+/m1/s1. The predicted molar refractivity (Wildman–Crippen MR) is 98.2 cm³/mol. The van der Waals surface area contributed by atoms with Gasteiger partial charge in [-0.05, 0) is 48.3 Å². The molecule has 1 saturated carbocycles. The number of benzene rings is 1. The molecule has 130 valence electrons. The molecule has 5 heteroatoms. The summed E-state index contributed by atoms with van der Waals surface area (Å²) in [4.78, 5) is 15.0. The zero-order valence-electron chi connectivity index (χ0n) is 14.9. The maximum atomic E-state index is 13.7. The van der Waals surface area contributed by atoms with Gasteiger partial charge in [-0.1, -0.05) is 20.8 Å². The van der Waals surface area contributed by atoms with Crippen molar-refractivity contribution in [3.8, 4) is 0 Å². The van der Waals surface area contributed by atoms with Crippen molar-refractivity contribution in [1.29, 1.82) is 0 Å². The highest BCUT2D eigenvalue weighted by atomic mass is 19.1. The predicted octanol–water partition coefficient (Wildman–Crippen LogP) is 4.66. The highest BCUT2D eigenvalue weighted by Crippen LogP contribution is 2.53. The van der Waals surface area contributed by atoms with E-state index in [2.05, 4.69) is 40.6 Å². The third-order valence-electron chi connectivity index (χ3n) is 6.01. The summed E-state index contributed by atoms with van der Waals surface area (Å²) >= 11 is 0. The Morgan fingerprint density at radius 2 is 2.04 bits per heavy atom. The molecule has 5 rings (SSSR count). The van der Waals surface area contributed by atoms with Crippen molar-refractivity contribution >= 4 is 27.8 Å². The summed E-state index contributed by atoms with van der Waals surface area (Å²) in [6, 6.07) is 5.33. The van der Waals surface area contributed by atoms with E-state index in [0.717, 1.165) is 34.3 Å². The summed E-state index contributed by atoms with van der Waals surface area (Å²) < 4.78 is 13.7. The van der Waals surface area contributed by atoms with Gasteiger partial charge in [-0.25, -0.2) is 14.4 Å². The first-order chi connectivity index (χ1) is 11.8. The van der Waals surface area contributed by atoms with Gasteiger partial charge in [-0.15, -0.1) is 0 Å². The summed E-state index contributed by atoms with van der Waals surface area (Å²) in [5, 5.41) is 0.826. The highest BCUT2D eigenvalue weighted by molar-refractivity contribution is 6.08. The number of rotatable bonds is 1. The monoisotopic (exact) mass is 338 g/mol. The maximum Gasteiger partial charge on any atom is 0.156 e. The highest BCUT2D eigenvalue weighted by Gasteiger charge is 2.50. The first-order valence-corrected chi connectivity index (χ1v) is 9.02. The van der Waals surface area contributed by atoms with E-state index in [1.807, 2.05) is 0 Å². The number of halogens is 1. The summed E-state index contributed by atoms with van der Waals surface area (Å²) in [6.45, 7) is 8.18. The topological polar surface area (TPSA) is 44.8 Å². The molecule has 0 radical (unpaired) electrons. The second-order valence-electron chi connectivity index (χ2n) is 9.08. The summed E-state index contributed by atoms with van der Waals surface area (Å²) in [6.07, 6.45) is 5.27. The van der Waals surface area contributed by atoms with Crippen LogP contribution in [0.5, 0.6) is 0 Å². The molecule has 4 nitrogen and oxygen atoms in total. The van der Waals surface area contributed by atoms with Crippen molar-refractivity contribution in [2.75, 3.05) is 11.4 Å². The molecule has 0 spiro atoms. The molecular formula is C20H23FN4. The molecule has 1 aromatic carbocycles. The number of H-pyrrole nitrogens is 1. The number of nitrogens with zero attached hydrogens (tertiary/aromatic N) is 3. The van der Waals surface area contributed by atoms with Crippen LogP contribution < -0.4 is 4.90 Å². The van der Waals surface area contributed by atoms with Gasteiger partial charge in [0.2, 0.25) is 0 Å². The Morgan fingerprint density at radius 3 is 2.88 bits per heavy atom. The number of aromatic nitrogens is 3. The Hall–Kier alpha value is -2.17. The molecular weight excluding hydrogens is 315 g/mol. The van der Waals surface area contributed by atoms with Crippen LogP contribution >= 0.6 is 0 Å². The van der Waals surface area contributed by atoms with Crippen LogP contribution in [0.1, 0.15) is 40.0 Å². The van der Waals surface area contributed by atoms with Crippen molar-refractivity contribution in [2.24, 2.45) is 10.8 Å². The second-order valence-corrected chi connectivity index (χ2v) is 9.08. The Bertz CT molecular complexity index is 992. The summed E-state index contributed by atoms with van der Waals surface area (Å²) in [7, 11) is 0. The van der Waals surface area contributed by atoms with Gasteiger partial charge in [-0.3, -0.25) is 0 Å². The van der Waals surface area contributed by atoms with Crippen molar-refractivity contribution in [1.82, 2.24) is 15.0 Å². The Balaban J connectivity index is 1.68. The molecule has 2 aliphatic rings. The van der Waals surface area contributed by atoms with E-state index < -0.39 is 0 Å². The molecule has 2 bridgehead atoms. The largest absolute Gasteiger partial charge is 0.351 e. The third-order valence-corrected chi connectivity index (χ3v) is 6.01. The number of fused-ring (bicyclic) bond motifs is 5. The lowest BCUT2D eigenvalue weighted by atomic mass is 9.65. The molecule has 3 aromatic rings. The number of aromatic amines is 1. The SMILES string of the molecule is CC1(C)C[C@@H]2C[C@](C)(CN2c2ncnc3c2[nH]c2ccc(F)cc23)C1. The van der Waals surface area contributed by atoms with Crippen LogP contribution in [0.15, 0.2) is 24.5 Å². The molecule has 2 fully saturated rings. The third kappa shape index (κ3) is 2.25. The van der Waals surface area contributed by atoms with Gasteiger partial charge in [0.1, 0.15) is 23.2 Å². The molecule has 2 atom stereocenters. The molecule has 1 aliphatic carbocycles. The smallest absolute Gasteiger partial charge is 0.156 e. The fourth-order valence-electron chi connectivity index (χ4n) is 5.58. The van der Waals surface area contributed by atoms with Gasteiger partial charge in [-0.2, -0.15) is 0 Å². The Kier molecular flexibility index (Phi) is 2.85. The summed E-state index contributed by atoms with van der Waals surface area (Å²) in [5.41, 5.74) is 3.35. The first-order valence-electron chi connectivity index (χ1n) is 9.02. The average molecular weight is 338 g/mol. The van der Waals surface area contributed by atoms with E-state index in [-0.39, 0.29) is 5.82 Å². The minimum atomic E-state index is -0.236. The van der Waals surface area contributed by atoms with Gasteiger partial charge >= 0.3 is 0 Å². The number of nitrogens with one attached hydrogen (secondary N) is 1. The van der Waals surface area contributed by atoms with Crippen molar-refractivity contribution in [3.05, 3.63) is 30.3 Å². The molecule has 0 amide bonds. The fourth-order valence-corrected chi connectivity index (χ4v) is 5.58. The van der Waals surface area contributed by atoms with Crippen LogP contribution in [0.25, 0.3) is 21.9 Å². The van der Waals surface area contributed by atoms with E-state index in [9.17, 15) is 4.39 Å². The minimum Gasteiger partial charge on any atom is -0.351 e. The molecule has 0 unspecified atom stereocenters. The first kappa shape index (κ1) is 15.1. The molecule has 3 heterocycles. The van der Waals surface area contributed by atoms with Gasteiger partial charge in [0.15, 0.2) is 5.82 Å². The zero-order chi connectivity index (χ0) is 17.4. The molecule has 1 saturated heterocycles. The number of hydrogen-bond acceptors (Lipinski definition) is 3.